The summed E-state index contributed by atoms with van der Waals surface area (Å²) in [5.41, 5.74) is 2.04. The van der Waals surface area contributed by atoms with E-state index in [2.05, 4.69) is 15.9 Å². The summed E-state index contributed by atoms with van der Waals surface area (Å²) in [5.74, 6) is 0.0132. The third kappa shape index (κ3) is 6.14. The number of ether oxygens (including phenoxy) is 1. The average Bonchev–Trinajstić information content (AvgIpc) is 3.26. The number of benzene rings is 4. The molecule has 0 bridgehead atoms. The maximum Gasteiger partial charge on any atom is 0.339 e. The molecule has 10 heteroatoms. The van der Waals surface area contributed by atoms with Crippen molar-refractivity contribution in [3.63, 3.8) is 0 Å². The van der Waals surface area contributed by atoms with Crippen LogP contribution in [0.1, 0.15) is 12.5 Å². The molecule has 1 fully saturated rings. The highest BCUT2D eigenvalue weighted by Crippen LogP contribution is 2.41. The van der Waals surface area contributed by atoms with Gasteiger partial charge in [0.25, 0.3) is 5.91 Å². The summed E-state index contributed by atoms with van der Waals surface area (Å²) in [6.45, 7) is 2.06. The largest absolute Gasteiger partial charge is 0.490 e. The van der Waals surface area contributed by atoms with Crippen molar-refractivity contribution in [2.24, 2.45) is 4.99 Å². The van der Waals surface area contributed by atoms with Crippen LogP contribution < -0.4 is 13.8 Å². The molecular weight excluding hydrogens is 612 g/mol. The number of anilines is 1. The van der Waals surface area contributed by atoms with Crippen molar-refractivity contribution >= 4 is 66.3 Å². The van der Waals surface area contributed by atoms with Crippen LogP contribution in [0.5, 0.6) is 11.5 Å². The van der Waals surface area contributed by atoms with Crippen molar-refractivity contribution in [3.05, 3.63) is 118 Å². The predicted octanol–water partition coefficient (Wildman–Crippen LogP) is 7.42. The van der Waals surface area contributed by atoms with Gasteiger partial charge in [-0.2, -0.15) is 8.42 Å². The third-order valence-electron chi connectivity index (χ3n) is 5.66. The summed E-state index contributed by atoms with van der Waals surface area (Å²) in [6, 6.07) is 29.9. The molecule has 7 nitrogen and oxygen atoms in total. The Kier molecular flexibility index (Phi) is 8.39. The van der Waals surface area contributed by atoms with Gasteiger partial charge in [-0.1, -0.05) is 54.6 Å². The van der Waals surface area contributed by atoms with E-state index in [0.29, 0.717) is 25.8 Å². The Morgan fingerprint density at radius 3 is 2.20 bits per heavy atom. The summed E-state index contributed by atoms with van der Waals surface area (Å²) in [7, 11) is -4.10. The first kappa shape index (κ1) is 27.7. The Morgan fingerprint density at radius 2 is 1.55 bits per heavy atom. The summed E-state index contributed by atoms with van der Waals surface area (Å²) in [4.78, 5) is 20.4. The Morgan fingerprint density at radius 1 is 0.925 bits per heavy atom. The number of carbonyl (C=O) groups is 1. The zero-order valence-electron chi connectivity index (χ0n) is 21.2. The molecule has 0 spiro atoms. The van der Waals surface area contributed by atoms with Gasteiger partial charge in [-0.25, -0.2) is 4.99 Å². The molecular formula is C30H23BrN2O5S2. The number of halogens is 1. The Bertz CT molecular complexity index is 1690. The van der Waals surface area contributed by atoms with Crippen LogP contribution in [0, 0.1) is 0 Å². The van der Waals surface area contributed by atoms with Gasteiger partial charge < -0.3 is 8.92 Å². The van der Waals surface area contributed by atoms with E-state index < -0.39 is 10.1 Å². The number of aliphatic imine (C=N–C) groups is 1. The molecule has 1 heterocycles. The fraction of sp³-hybridized carbons (Fsp3) is 0.0667. The van der Waals surface area contributed by atoms with Crippen LogP contribution in [-0.2, 0) is 14.9 Å². The van der Waals surface area contributed by atoms with Gasteiger partial charge in [-0.05, 0) is 94.8 Å². The van der Waals surface area contributed by atoms with Crippen LogP contribution >= 0.6 is 27.7 Å². The lowest BCUT2D eigenvalue weighted by Crippen LogP contribution is -2.28. The molecule has 1 aliphatic heterocycles. The smallest absolute Gasteiger partial charge is 0.339 e. The number of carbonyl (C=O) groups excluding carboxylic acids is 1. The highest BCUT2D eigenvalue weighted by molar-refractivity contribution is 9.10. The third-order valence-corrected chi connectivity index (χ3v) is 8.45. The van der Waals surface area contributed by atoms with Crippen LogP contribution in [0.4, 0.5) is 11.4 Å². The van der Waals surface area contributed by atoms with Gasteiger partial charge in [0.1, 0.15) is 4.90 Å². The van der Waals surface area contributed by atoms with Gasteiger partial charge in [-0.3, -0.25) is 9.69 Å². The molecule has 1 saturated heterocycles. The first-order valence-electron chi connectivity index (χ1n) is 12.2. The van der Waals surface area contributed by atoms with E-state index in [1.54, 1.807) is 48.2 Å². The van der Waals surface area contributed by atoms with Gasteiger partial charge in [0.2, 0.25) is 0 Å². The number of thioether (sulfide) groups is 1. The van der Waals surface area contributed by atoms with Crippen LogP contribution in [0.15, 0.2) is 122 Å². The highest BCUT2D eigenvalue weighted by atomic mass is 79.9. The van der Waals surface area contributed by atoms with E-state index in [9.17, 15) is 13.2 Å². The number of hydrogen-bond donors (Lipinski definition) is 0. The van der Waals surface area contributed by atoms with Gasteiger partial charge in [0, 0.05) is 0 Å². The lowest BCUT2D eigenvalue weighted by Gasteiger charge is -2.15. The van der Waals surface area contributed by atoms with Gasteiger partial charge in [0.05, 0.1) is 27.4 Å². The van der Waals surface area contributed by atoms with Crippen molar-refractivity contribution in [2.75, 3.05) is 11.5 Å². The predicted molar refractivity (Wildman–Crippen MR) is 163 cm³/mol. The van der Waals surface area contributed by atoms with Crippen molar-refractivity contribution < 1.29 is 22.1 Å². The fourth-order valence-corrected chi connectivity index (χ4v) is 6.50. The van der Waals surface area contributed by atoms with Crippen LogP contribution in [-0.4, -0.2) is 26.1 Å². The number of amides is 1. The standard InChI is InChI=1S/C30H23BrN2O5S2/c1-2-37-26-19-21(18-25(31)28(26)38-40(35,36)24-16-10-5-11-17-24)20-27-29(34)33(23-14-8-4-9-15-23)30(39-27)32-22-12-6-3-7-13-22/h3-20H,2H2,1H3/b27-20+,32-30?. The molecule has 4 aromatic rings. The molecule has 0 aliphatic carbocycles. The minimum Gasteiger partial charge on any atom is -0.490 e. The van der Waals surface area contributed by atoms with Crippen molar-refractivity contribution in [1.29, 1.82) is 0 Å². The van der Waals surface area contributed by atoms with E-state index in [4.69, 9.17) is 13.9 Å². The molecule has 0 radical (unpaired) electrons. The highest BCUT2D eigenvalue weighted by Gasteiger charge is 2.35. The van der Waals surface area contributed by atoms with Crippen LogP contribution in [0.3, 0.4) is 0 Å². The molecule has 0 N–H and O–H groups in total. The van der Waals surface area contributed by atoms with Crippen LogP contribution in [0.2, 0.25) is 0 Å². The minimum atomic E-state index is -4.10. The summed E-state index contributed by atoms with van der Waals surface area (Å²) in [5, 5.41) is 0.520. The molecule has 0 aromatic heterocycles. The van der Waals surface area contributed by atoms with Gasteiger partial charge in [-0.15, -0.1) is 0 Å². The normalized spacial score (nSPS) is 15.6. The second-order valence-corrected chi connectivity index (χ2v) is 11.8. The molecule has 0 atom stereocenters. The zero-order valence-corrected chi connectivity index (χ0v) is 24.4. The summed E-state index contributed by atoms with van der Waals surface area (Å²) < 4.78 is 37.4. The SMILES string of the molecule is CCOc1cc(/C=C2/SC(=Nc3ccccc3)N(c3ccccc3)C2=O)cc(Br)c1OS(=O)(=O)c1ccccc1. The first-order valence-corrected chi connectivity index (χ1v) is 15.3. The van der Waals surface area contributed by atoms with E-state index in [1.807, 2.05) is 60.7 Å². The Hall–Kier alpha value is -3.86. The summed E-state index contributed by atoms with van der Waals surface area (Å²) in [6.07, 6.45) is 1.72. The monoisotopic (exact) mass is 634 g/mol. The molecule has 40 heavy (non-hydrogen) atoms. The fourth-order valence-electron chi connectivity index (χ4n) is 3.88. The maximum absolute atomic E-state index is 13.6. The average molecular weight is 636 g/mol. The molecule has 0 unspecified atom stereocenters. The Balaban J connectivity index is 1.52. The molecule has 1 aliphatic rings. The van der Waals surface area contributed by atoms with E-state index in [-0.39, 0.29) is 28.9 Å². The molecule has 0 saturated carbocycles. The first-order chi connectivity index (χ1) is 19.4. The minimum absolute atomic E-state index is 0.0229. The van der Waals surface area contributed by atoms with Crippen LogP contribution in [0.25, 0.3) is 6.08 Å². The quantitative estimate of drug-likeness (QED) is 0.148. The second kappa shape index (κ2) is 12.1. The second-order valence-electron chi connectivity index (χ2n) is 8.43. The van der Waals surface area contributed by atoms with E-state index in [1.165, 1.54) is 23.9 Å². The lowest BCUT2D eigenvalue weighted by molar-refractivity contribution is -0.113. The zero-order chi connectivity index (χ0) is 28.1. The molecule has 5 rings (SSSR count). The number of para-hydroxylation sites is 2. The molecule has 202 valence electrons. The van der Waals surface area contributed by atoms with E-state index in [0.717, 1.165) is 5.69 Å². The van der Waals surface area contributed by atoms with Crippen molar-refractivity contribution in [3.8, 4) is 11.5 Å². The maximum atomic E-state index is 13.6. The topological polar surface area (TPSA) is 85.3 Å². The van der Waals surface area contributed by atoms with Gasteiger partial charge in [0.15, 0.2) is 16.7 Å². The summed E-state index contributed by atoms with van der Waals surface area (Å²) >= 11 is 4.69. The molecule has 1 amide bonds. The van der Waals surface area contributed by atoms with Crippen molar-refractivity contribution in [2.45, 2.75) is 11.8 Å². The number of rotatable bonds is 8. The van der Waals surface area contributed by atoms with E-state index >= 15 is 0 Å². The van der Waals surface area contributed by atoms with Crippen molar-refractivity contribution in [1.82, 2.24) is 0 Å². The lowest BCUT2D eigenvalue weighted by atomic mass is 10.2. The number of nitrogens with zero attached hydrogens (tertiary/aromatic N) is 2. The number of amidine groups is 1. The van der Waals surface area contributed by atoms with Gasteiger partial charge >= 0.3 is 10.1 Å². The number of hydrogen-bond acceptors (Lipinski definition) is 7. The molecule has 4 aromatic carbocycles. The Labute approximate surface area is 245 Å².